The van der Waals surface area contributed by atoms with Gasteiger partial charge in [-0.05, 0) is 44.5 Å². The minimum absolute atomic E-state index is 0.118. The molecule has 0 bridgehead atoms. The van der Waals surface area contributed by atoms with Crippen molar-refractivity contribution < 1.29 is 4.39 Å². The fraction of sp³-hybridized carbons (Fsp3) is 0.579. The molecule has 3 rings (SSSR count). The zero-order chi connectivity index (χ0) is 17.8. The first-order chi connectivity index (χ1) is 12.2. The van der Waals surface area contributed by atoms with Gasteiger partial charge in [0.15, 0.2) is 0 Å². The Bertz CT molecular complexity index is 781. The Labute approximate surface area is 147 Å². The first-order valence-corrected chi connectivity index (χ1v) is 9.30. The Balaban J connectivity index is 2.12. The zero-order valence-electron chi connectivity index (χ0n) is 15.1. The number of nitrogens with one attached hydrogen (secondary N) is 1. The van der Waals surface area contributed by atoms with E-state index in [-0.39, 0.29) is 11.6 Å². The van der Waals surface area contributed by atoms with Gasteiger partial charge in [-0.1, -0.05) is 13.3 Å². The van der Waals surface area contributed by atoms with E-state index in [2.05, 4.69) is 17.1 Å². The molecular formula is C19H27FN4O. The van der Waals surface area contributed by atoms with Crippen LogP contribution in [-0.2, 0) is 6.54 Å². The van der Waals surface area contributed by atoms with Gasteiger partial charge >= 0.3 is 0 Å². The fourth-order valence-electron chi connectivity index (χ4n) is 3.70. The quantitative estimate of drug-likeness (QED) is 0.904. The summed E-state index contributed by atoms with van der Waals surface area (Å²) in [5, 5.41) is 3.79. The number of halogens is 1. The van der Waals surface area contributed by atoms with Gasteiger partial charge in [0.2, 0.25) is 0 Å². The third-order valence-corrected chi connectivity index (χ3v) is 4.94. The summed E-state index contributed by atoms with van der Waals surface area (Å²) >= 11 is 0. The van der Waals surface area contributed by atoms with Crippen molar-refractivity contribution in [3.05, 3.63) is 40.2 Å². The Morgan fingerprint density at radius 3 is 2.88 bits per heavy atom. The van der Waals surface area contributed by atoms with Crippen LogP contribution in [0.1, 0.15) is 45.0 Å². The number of hydrogen-bond donors (Lipinski definition) is 1. The summed E-state index contributed by atoms with van der Waals surface area (Å²) in [5.74, 6) is 0.417. The highest BCUT2D eigenvalue weighted by atomic mass is 19.1. The summed E-state index contributed by atoms with van der Waals surface area (Å²) in [5.41, 5.74) is 0.441. The number of nitrogens with zero attached hydrogens (tertiary/aromatic N) is 3. The van der Waals surface area contributed by atoms with Crippen molar-refractivity contribution in [3.8, 4) is 0 Å². The van der Waals surface area contributed by atoms with Gasteiger partial charge in [-0.25, -0.2) is 9.37 Å². The molecule has 1 aromatic heterocycles. The van der Waals surface area contributed by atoms with Crippen LogP contribution in [0, 0.1) is 5.82 Å². The van der Waals surface area contributed by atoms with Crippen LogP contribution in [0.25, 0.3) is 10.9 Å². The maximum absolute atomic E-state index is 13.6. The molecule has 1 aliphatic rings. The molecule has 1 atom stereocenters. The predicted molar refractivity (Wildman–Crippen MR) is 98.3 cm³/mol. The van der Waals surface area contributed by atoms with Crippen molar-refractivity contribution in [2.45, 2.75) is 45.7 Å². The van der Waals surface area contributed by atoms with Gasteiger partial charge in [-0.15, -0.1) is 0 Å². The van der Waals surface area contributed by atoms with Crippen LogP contribution in [0.5, 0.6) is 0 Å². The number of rotatable bonds is 5. The highest BCUT2D eigenvalue weighted by Crippen LogP contribution is 2.26. The number of fused-ring (bicyclic) bond motifs is 1. The molecule has 0 amide bonds. The molecule has 5 nitrogen and oxygen atoms in total. The summed E-state index contributed by atoms with van der Waals surface area (Å²) in [6.45, 7) is 8.58. The van der Waals surface area contributed by atoms with Crippen molar-refractivity contribution in [3.63, 3.8) is 0 Å². The molecule has 1 saturated heterocycles. The number of hydrogen-bond acceptors (Lipinski definition) is 4. The molecule has 1 unspecified atom stereocenters. The smallest absolute Gasteiger partial charge is 0.261 e. The molecule has 25 heavy (non-hydrogen) atoms. The first kappa shape index (κ1) is 18.0. The second-order valence-corrected chi connectivity index (χ2v) is 6.62. The first-order valence-electron chi connectivity index (χ1n) is 9.30. The van der Waals surface area contributed by atoms with Crippen molar-refractivity contribution >= 4 is 10.9 Å². The van der Waals surface area contributed by atoms with Gasteiger partial charge in [0, 0.05) is 26.2 Å². The average Bonchev–Trinajstić information content (AvgIpc) is 2.89. The highest BCUT2D eigenvalue weighted by molar-refractivity contribution is 5.77. The molecule has 0 aliphatic carbocycles. The van der Waals surface area contributed by atoms with Gasteiger partial charge in [-0.2, -0.15) is 0 Å². The lowest BCUT2D eigenvalue weighted by atomic mass is 10.1. The van der Waals surface area contributed by atoms with E-state index < -0.39 is 5.82 Å². The summed E-state index contributed by atoms with van der Waals surface area (Å²) in [6, 6.07) is 4.40. The standard InChI is InChI=1S/C19H27FN4O/c1-3-6-17(23-11-5-9-21-10-12-23)18-22-16-8-7-14(20)13-15(16)19(25)24(18)4-2/h7-8,13,17,21H,3-6,9-12H2,1-2H3. The Kier molecular flexibility index (Phi) is 5.81. The number of benzene rings is 1. The second-order valence-electron chi connectivity index (χ2n) is 6.62. The summed E-state index contributed by atoms with van der Waals surface area (Å²) < 4.78 is 15.3. The fourth-order valence-corrected chi connectivity index (χ4v) is 3.70. The van der Waals surface area contributed by atoms with Crippen molar-refractivity contribution in [2.75, 3.05) is 26.2 Å². The third kappa shape index (κ3) is 3.75. The van der Waals surface area contributed by atoms with Crippen LogP contribution >= 0.6 is 0 Å². The topological polar surface area (TPSA) is 50.2 Å². The summed E-state index contributed by atoms with van der Waals surface area (Å²) in [7, 11) is 0. The van der Waals surface area contributed by atoms with Gasteiger partial charge in [0.05, 0.1) is 16.9 Å². The van der Waals surface area contributed by atoms with E-state index in [1.54, 1.807) is 10.6 Å². The minimum atomic E-state index is -0.398. The Morgan fingerprint density at radius 1 is 1.28 bits per heavy atom. The van der Waals surface area contributed by atoms with Crippen molar-refractivity contribution in [1.82, 2.24) is 19.8 Å². The second kappa shape index (κ2) is 8.06. The van der Waals surface area contributed by atoms with Gasteiger partial charge < -0.3 is 5.32 Å². The van der Waals surface area contributed by atoms with Crippen LogP contribution in [0.3, 0.4) is 0 Å². The summed E-state index contributed by atoms with van der Waals surface area (Å²) in [6.07, 6.45) is 3.07. The molecule has 2 aromatic rings. The van der Waals surface area contributed by atoms with Crippen LogP contribution in [0.15, 0.2) is 23.0 Å². The SMILES string of the molecule is CCCC(c1nc2ccc(F)cc2c(=O)n1CC)N1CCCNCC1. The molecule has 136 valence electrons. The molecule has 1 fully saturated rings. The normalized spacial score (nSPS) is 17.6. The molecule has 1 aromatic carbocycles. The maximum Gasteiger partial charge on any atom is 0.261 e. The van der Waals surface area contributed by atoms with E-state index in [1.807, 2.05) is 6.92 Å². The van der Waals surface area contributed by atoms with Crippen LogP contribution in [0.2, 0.25) is 0 Å². The van der Waals surface area contributed by atoms with E-state index in [1.165, 1.54) is 12.1 Å². The van der Waals surface area contributed by atoms with E-state index >= 15 is 0 Å². The van der Waals surface area contributed by atoms with Crippen molar-refractivity contribution in [1.29, 1.82) is 0 Å². The zero-order valence-corrected chi connectivity index (χ0v) is 15.1. The van der Waals surface area contributed by atoms with Crippen molar-refractivity contribution in [2.24, 2.45) is 0 Å². The predicted octanol–water partition coefficient (Wildman–Crippen LogP) is 2.69. The Morgan fingerprint density at radius 2 is 2.12 bits per heavy atom. The molecule has 0 saturated carbocycles. The van der Waals surface area contributed by atoms with E-state index in [0.29, 0.717) is 17.4 Å². The van der Waals surface area contributed by atoms with Crippen LogP contribution in [0.4, 0.5) is 4.39 Å². The lowest BCUT2D eigenvalue weighted by molar-refractivity contribution is 0.185. The highest BCUT2D eigenvalue weighted by Gasteiger charge is 2.25. The largest absolute Gasteiger partial charge is 0.315 e. The number of aromatic nitrogens is 2. The molecular weight excluding hydrogens is 319 g/mol. The van der Waals surface area contributed by atoms with Crippen LogP contribution in [-0.4, -0.2) is 40.6 Å². The molecule has 2 heterocycles. The summed E-state index contributed by atoms with van der Waals surface area (Å²) in [4.78, 5) is 20.2. The molecule has 6 heteroatoms. The molecule has 1 aliphatic heterocycles. The minimum Gasteiger partial charge on any atom is -0.315 e. The third-order valence-electron chi connectivity index (χ3n) is 4.94. The van der Waals surface area contributed by atoms with E-state index in [4.69, 9.17) is 4.98 Å². The monoisotopic (exact) mass is 346 g/mol. The molecule has 0 spiro atoms. The van der Waals surface area contributed by atoms with E-state index in [0.717, 1.165) is 51.3 Å². The van der Waals surface area contributed by atoms with Gasteiger partial charge in [0.1, 0.15) is 11.6 Å². The van der Waals surface area contributed by atoms with Gasteiger partial charge in [0.25, 0.3) is 5.56 Å². The molecule has 0 radical (unpaired) electrons. The maximum atomic E-state index is 13.6. The van der Waals surface area contributed by atoms with Crippen LogP contribution < -0.4 is 10.9 Å². The lowest BCUT2D eigenvalue weighted by Gasteiger charge is -2.31. The average molecular weight is 346 g/mol. The molecule has 1 N–H and O–H groups in total. The lowest BCUT2D eigenvalue weighted by Crippen LogP contribution is -2.37. The Hall–Kier alpha value is -1.79. The van der Waals surface area contributed by atoms with E-state index in [9.17, 15) is 9.18 Å². The van der Waals surface area contributed by atoms with Gasteiger partial charge in [-0.3, -0.25) is 14.3 Å².